The van der Waals surface area contributed by atoms with E-state index >= 15 is 0 Å². The van der Waals surface area contributed by atoms with Crippen molar-refractivity contribution in [1.29, 1.82) is 0 Å². The maximum atomic E-state index is 13.5. The van der Waals surface area contributed by atoms with Crippen LogP contribution in [0.3, 0.4) is 0 Å². The summed E-state index contributed by atoms with van der Waals surface area (Å²) in [5, 5.41) is 4.21. The second-order valence-corrected chi connectivity index (χ2v) is 7.17. The van der Waals surface area contributed by atoms with Crippen molar-refractivity contribution in [2.75, 3.05) is 0 Å². The van der Waals surface area contributed by atoms with E-state index in [-0.39, 0.29) is 12.0 Å². The molecular formula is C21H18F6N2O2. The van der Waals surface area contributed by atoms with Gasteiger partial charge in [-0.2, -0.15) is 26.3 Å². The Hall–Kier alpha value is -3.04. The first-order chi connectivity index (χ1) is 14.5. The fraction of sp³-hybridized carbons (Fsp3) is 0.333. The maximum Gasteiger partial charge on any atom is 0.416 e. The number of hydrogen-bond donors (Lipinski definition) is 2. The summed E-state index contributed by atoms with van der Waals surface area (Å²) in [4.78, 5) is 24.9. The lowest BCUT2D eigenvalue weighted by Crippen LogP contribution is -2.54. The molecule has 166 valence electrons. The monoisotopic (exact) mass is 444 g/mol. The van der Waals surface area contributed by atoms with Gasteiger partial charge in [-0.05, 0) is 30.0 Å². The average Bonchev–Trinajstić information content (AvgIpc) is 2.71. The zero-order valence-electron chi connectivity index (χ0n) is 15.9. The van der Waals surface area contributed by atoms with Crippen LogP contribution in [0, 0.1) is 5.92 Å². The van der Waals surface area contributed by atoms with Gasteiger partial charge in [0.25, 0.3) is 0 Å². The summed E-state index contributed by atoms with van der Waals surface area (Å²) in [5.41, 5.74) is -0.870. The molecule has 2 amide bonds. The average molecular weight is 444 g/mol. The van der Waals surface area contributed by atoms with E-state index in [1.165, 1.54) is 30.3 Å². The lowest BCUT2D eigenvalue weighted by atomic mass is 9.90. The number of hydrogen-bond acceptors (Lipinski definition) is 2. The van der Waals surface area contributed by atoms with Gasteiger partial charge in [0.15, 0.2) is 0 Å². The van der Waals surface area contributed by atoms with Gasteiger partial charge in [-0.1, -0.05) is 48.5 Å². The highest BCUT2D eigenvalue weighted by Crippen LogP contribution is 2.37. The molecule has 10 heteroatoms. The molecule has 1 aliphatic heterocycles. The van der Waals surface area contributed by atoms with Crippen LogP contribution >= 0.6 is 0 Å². The molecule has 4 nitrogen and oxygen atoms in total. The van der Waals surface area contributed by atoms with Gasteiger partial charge in [-0.3, -0.25) is 9.59 Å². The molecule has 2 aromatic rings. The Kier molecular flexibility index (Phi) is 6.28. The molecule has 31 heavy (non-hydrogen) atoms. The molecule has 0 aliphatic carbocycles. The smallest absolute Gasteiger partial charge is 0.344 e. The van der Waals surface area contributed by atoms with Gasteiger partial charge in [-0.25, -0.2) is 0 Å². The third kappa shape index (κ3) is 5.18. The molecule has 1 saturated heterocycles. The largest absolute Gasteiger partial charge is 0.416 e. The minimum atomic E-state index is -4.70. The Morgan fingerprint density at radius 3 is 2.13 bits per heavy atom. The minimum Gasteiger partial charge on any atom is -0.344 e. The van der Waals surface area contributed by atoms with Crippen LogP contribution in [-0.4, -0.2) is 24.0 Å². The van der Waals surface area contributed by atoms with Gasteiger partial charge in [0.05, 0.1) is 11.6 Å². The summed E-state index contributed by atoms with van der Waals surface area (Å²) >= 11 is 0. The van der Waals surface area contributed by atoms with Gasteiger partial charge < -0.3 is 10.6 Å². The second-order valence-electron chi connectivity index (χ2n) is 7.17. The molecule has 2 aromatic carbocycles. The van der Waals surface area contributed by atoms with Crippen LogP contribution in [0.2, 0.25) is 0 Å². The lowest BCUT2D eigenvalue weighted by Gasteiger charge is -2.31. The summed E-state index contributed by atoms with van der Waals surface area (Å²) in [6.07, 6.45) is -10.2. The highest BCUT2D eigenvalue weighted by Gasteiger charge is 2.46. The third-order valence-electron chi connectivity index (χ3n) is 5.09. The number of carbonyl (C=O) groups excluding carboxylic acids is 2. The molecule has 0 bridgehead atoms. The van der Waals surface area contributed by atoms with Crippen LogP contribution in [0.25, 0.3) is 0 Å². The van der Waals surface area contributed by atoms with E-state index in [1.54, 1.807) is 23.5 Å². The molecule has 0 radical (unpaired) electrons. The fourth-order valence-electron chi connectivity index (χ4n) is 3.54. The van der Waals surface area contributed by atoms with Gasteiger partial charge in [-0.15, -0.1) is 0 Å². The quantitative estimate of drug-likeness (QED) is 0.544. The molecule has 2 N–H and O–H groups in total. The van der Waals surface area contributed by atoms with E-state index in [0.29, 0.717) is 5.56 Å². The number of alkyl halides is 6. The number of halogens is 6. The zero-order valence-corrected chi connectivity index (χ0v) is 15.9. The highest BCUT2D eigenvalue weighted by molar-refractivity contribution is 6.01. The van der Waals surface area contributed by atoms with Crippen LogP contribution in [0.15, 0.2) is 54.6 Å². The SMILES string of the molecule is O=C(NC(c1ccccc1)c1ccccc1C(F)(F)F)C1CCC(C(F)(F)F)NC1=O. The van der Waals surface area contributed by atoms with Crippen molar-refractivity contribution in [2.24, 2.45) is 5.92 Å². The first-order valence-corrected chi connectivity index (χ1v) is 9.37. The second kappa shape index (κ2) is 8.60. The molecule has 3 unspecified atom stereocenters. The van der Waals surface area contributed by atoms with Crippen molar-refractivity contribution in [1.82, 2.24) is 10.6 Å². The number of nitrogens with one attached hydrogen (secondary N) is 2. The van der Waals surface area contributed by atoms with Crippen LogP contribution < -0.4 is 10.6 Å². The van der Waals surface area contributed by atoms with E-state index in [4.69, 9.17) is 0 Å². The summed E-state index contributed by atoms with van der Waals surface area (Å²) in [7, 11) is 0. The van der Waals surface area contributed by atoms with Gasteiger partial charge >= 0.3 is 12.4 Å². The Labute approximate surface area is 173 Å². The minimum absolute atomic E-state index is 0.237. The van der Waals surface area contributed by atoms with Crippen molar-refractivity contribution < 1.29 is 35.9 Å². The Bertz CT molecular complexity index is 943. The van der Waals surface area contributed by atoms with Crippen molar-refractivity contribution in [3.8, 4) is 0 Å². The Balaban J connectivity index is 1.90. The first-order valence-electron chi connectivity index (χ1n) is 9.37. The third-order valence-corrected chi connectivity index (χ3v) is 5.09. The molecule has 1 fully saturated rings. The molecule has 1 aliphatic rings. The molecule has 3 atom stereocenters. The Morgan fingerprint density at radius 2 is 1.55 bits per heavy atom. The predicted molar refractivity (Wildman–Crippen MR) is 98.6 cm³/mol. The maximum absolute atomic E-state index is 13.5. The van der Waals surface area contributed by atoms with Crippen LogP contribution in [0.5, 0.6) is 0 Å². The van der Waals surface area contributed by atoms with Gasteiger partial charge in [0, 0.05) is 0 Å². The van der Waals surface area contributed by atoms with Gasteiger partial charge in [0.1, 0.15) is 12.0 Å². The van der Waals surface area contributed by atoms with E-state index in [1.807, 2.05) is 0 Å². The van der Waals surface area contributed by atoms with Crippen LogP contribution in [0.4, 0.5) is 26.3 Å². The van der Waals surface area contributed by atoms with Crippen LogP contribution in [-0.2, 0) is 15.8 Å². The summed E-state index contributed by atoms with van der Waals surface area (Å²) in [6, 6.07) is 9.19. The van der Waals surface area contributed by atoms with E-state index < -0.39 is 54.2 Å². The van der Waals surface area contributed by atoms with Crippen LogP contribution in [0.1, 0.15) is 35.6 Å². The predicted octanol–water partition coefficient (Wildman–Crippen LogP) is 4.37. The molecular weight excluding hydrogens is 426 g/mol. The molecule has 0 saturated carbocycles. The molecule has 0 spiro atoms. The molecule has 0 aromatic heterocycles. The van der Waals surface area contributed by atoms with Crippen molar-refractivity contribution in [3.63, 3.8) is 0 Å². The number of piperidine rings is 1. The standard InChI is InChI=1S/C21H18F6N2O2/c22-20(23,24)15-9-5-4-8-13(15)17(12-6-2-1-3-7-12)29-19(31)14-10-11-16(21(25,26)27)28-18(14)30/h1-9,14,16-17H,10-11H2,(H,28,30)(H,29,31). The van der Waals surface area contributed by atoms with Crippen molar-refractivity contribution in [3.05, 3.63) is 71.3 Å². The first kappa shape index (κ1) is 22.6. The van der Waals surface area contributed by atoms with Gasteiger partial charge in [0.2, 0.25) is 11.8 Å². The summed E-state index contributed by atoms with van der Waals surface area (Å²) in [6.45, 7) is 0. The fourth-order valence-corrected chi connectivity index (χ4v) is 3.54. The topological polar surface area (TPSA) is 58.2 Å². The number of rotatable bonds is 4. The zero-order chi connectivity index (χ0) is 22.8. The normalized spacial score (nSPS) is 20.6. The lowest BCUT2D eigenvalue weighted by molar-refractivity contribution is -0.171. The molecule has 1 heterocycles. The number of benzene rings is 2. The van der Waals surface area contributed by atoms with Crippen molar-refractivity contribution >= 4 is 11.8 Å². The molecule has 3 rings (SSSR count). The van der Waals surface area contributed by atoms with E-state index in [2.05, 4.69) is 5.32 Å². The Morgan fingerprint density at radius 1 is 0.935 bits per heavy atom. The van der Waals surface area contributed by atoms with E-state index in [9.17, 15) is 35.9 Å². The van der Waals surface area contributed by atoms with E-state index in [0.717, 1.165) is 6.07 Å². The number of amides is 2. The van der Waals surface area contributed by atoms with Crippen molar-refractivity contribution in [2.45, 2.75) is 37.3 Å². The summed E-state index contributed by atoms with van der Waals surface area (Å²) in [5.74, 6) is -3.49. The highest BCUT2D eigenvalue weighted by atomic mass is 19.4. The summed E-state index contributed by atoms with van der Waals surface area (Å²) < 4.78 is 79.1. The number of carbonyl (C=O) groups is 2.